The van der Waals surface area contributed by atoms with Crippen molar-refractivity contribution >= 4 is 18.2 Å². The minimum absolute atomic E-state index is 0.161. The summed E-state index contributed by atoms with van der Waals surface area (Å²) >= 11 is 0. The van der Waals surface area contributed by atoms with E-state index in [1.807, 2.05) is 0 Å². The molecular formula is C23H34O5. The summed E-state index contributed by atoms with van der Waals surface area (Å²) in [6.45, 7) is 6.04. The Morgan fingerprint density at radius 2 is 1.50 bits per heavy atom. The predicted octanol–water partition coefficient (Wildman–Crippen LogP) is 5.50. The van der Waals surface area contributed by atoms with Gasteiger partial charge in [0.1, 0.15) is 5.75 Å². The van der Waals surface area contributed by atoms with Gasteiger partial charge in [0.2, 0.25) is 0 Å². The molecule has 1 rings (SSSR count). The van der Waals surface area contributed by atoms with Crippen LogP contribution in [0.15, 0.2) is 24.3 Å². The van der Waals surface area contributed by atoms with E-state index in [0.717, 1.165) is 19.3 Å². The molecule has 0 saturated carbocycles. The molecule has 0 fully saturated rings. The van der Waals surface area contributed by atoms with Crippen molar-refractivity contribution < 1.29 is 23.9 Å². The number of para-hydroxylation sites is 1. The number of rotatable bonds is 14. The summed E-state index contributed by atoms with van der Waals surface area (Å²) in [5.41, 5.74) is -1.08. The first-order valence-corrected chi connectivity index (χ1v) is 10.5. The molecular weight excluding hydrogens is 356 g/mol. The smallest absolute Gasteiger partial charge is 0.328 e. The van der Waals surface area contributed by atoms with Gasteiger partial charge in [-0.3, -0.25) is 14.4 Å². The molecule has 5 heteroatoms. The molecule has 0 radical (unpaired) electrons. The van der Waals surface area contributed by atoms with Crippen molar-refractivity contribution in [3.8, 4) is 5.75 Å². The number of carbonyl (C=O) groups excluding carboxylic acids is 3. The summed E-state index contributed by atoms with van der Waals surface area (Å²) < 4.78 is 10.8. The van der Waals surface area contributed by atoms with E-state index >= 15 is 0 Å². The van der Waals surface area contributed by atoms with Crippen molar-refractivity contribution in [2.75, 3.05) is 6.61 Å². The SMILES string of the molecule is CCCCCCCCCOC(=O)C(CC)(CC)C(=O)Oc1ccccc1C=O. The maximum atomic E-state index is 12.8. The average molecular weight is 391 g/mol. The van der Waals surface area contributed by atoms with E-state index < -0.39 is 17.4 Å². The molecule has 1 aromatic carbocycles. The molecule has 0 aromatic heterocycles. The Morgan fingerprint density at radius 3 is 2.11 bits per heavy atom. The molecule has 0 aliphatic rings. The van der Waals surface area contributed by atoms with Crippen LogP contribution in [0.2, 0.25) is 0 Å². The van der Waals surface area contributed by atoms with Gasteiger partial charge in [-0.05, 0) is 31.4 Å². The summed E-state index contributed by atoms with van der Waals surface area (Å²) in [5.74, 6) is -1.05. The van der Waals surface area contributed by atoms with Gasteiger partial charge < -0.3 is 9.47 Å². The second-order valence-electron chi connectivity index (χ2n) is 7.09. The van der Waals surface area contributed by atoms with Crippen molar-refractivity contribution in [3.05, 3.63) is 29.8 Å². The fourth-order valence-corrected chi connectivity index (χ4v) is 3.14. The Morgan fingerprint density at radius 1 is 0.893 bits per heavy atom. The zero-order valence-electron chi connectivity index (χ0n) is 17.5. The number of aldehydes is 1. The second kappa shape index (κ2) is 13.1. The zero-order valence-corrected chi connectivity index (χ0v) is 17.5. The van der Waals surface area contributed by atoms with E-state index in [2.05, 4.69) is 6.92 Å². The number of esters is 2. The maximum absolute atomic E-state index is 12.8. The van der Waals surface area contributed by atoms with Crippen LogP contribution in [0.25, 0.3) is 0 Å². The Balaban J connectivity index is 2.61. The molecule has 0 aliphatic carbocycles. The monoisotopic (exact) mass is 390 g/mol. The van der Waals surface area contributed by atoms with E-state index in [1.54, 1.807) is 38.1 Å². The van der Waals surface area contributed by atoms with E-state index in [4.69, 9.17) is 9.47 Å². The summed E-state index contributed by atoms with van der Waals surface area (Å²) in [6.07, 6.45) is 9.07. The third-order valence-electron chi connectivity index (χ3n) is 5.22. The van der Waals surface area contributed by atoms with E-state index in [9.17, 15) is 14.4 Å². The van der Waals surface area contributed by atoms with Gasteiger partial charge >= 0.3 is 11.9 Å². The Kier molecular flexibility index (Phi) is 11.2. The number of unbranched alkanes of at least 4 members (excludes halogenated alkanes) is 6. The van der Waals surface area contributed by atoms with Crippen molar-refractivity contribution in [1.29, 1.82) is 0 Å². The first-order valence-electron chi connectivity index (χ1n) is 10.5. The van der Waals surface area contributed by atoms with Crippen molar-refractivity contribution in [3.63, 3.8) is 0 Å². The highest BCUT2D eigenvalue weighted by molar-refractivity contribution is 6.01. The Bertz CT molecular complexity index is 619. The average Bonchev–Trinajstić information content (AvgIpc) is 2.71. The molecule has 0 spiro atoms. The lowest BCUT2D eigenvalue weighted by molar-refractivity contribution is -0.168. The summed E-state index contributed by atoms with van der Waals surface area (Å²) in [6, 6.07) is 6.47. The first kappa shape index (κ1) is 23.9. The standard InChI is InChI=1S/C23H34O5/c1-4-7-8-9-10-11-14-17-27-21(25)23(5-2,6-3)22(26)28-20-16-13-12-15-19(20)18-24/h12-13,15-16,18H,4-11,14,17H2,1-3H3. The van der Waals surface area contributed by atoms with Crippen LogP contribution in [0.5, 0.6) is 5.75 Å². The highest BCUT2D eigenvalue weighted by Gasteiger charge is 2.46. The fraction of sp³-hybridized carbons (Fsp3) is 0.609. The molecule has 0 heterocycles. The number of hydrogen-bond acceptors (Lipinski definition) is 5. The van der Waals surface area contributed by atoms with Crippen LogP contribution in [-0.4, -0.2) is 24.8 Å². The highest BCUT2D eigenvalue weighted by Crippen LogP contribution is 2.31. The van der Waals surface area contributed by atoms with Gasteiger partial charge in [-0.1, -0.05) is 71.4 Å². The Hall–Kier alpha value is -2.17. The van der Waals surface area contributed by atoms with Gasteiger partial charge in [0.15, 0.2) is 11.7 Å². The molecule has 0 saturated heterocycles. The second-order valence-corrected chi connectivity index (χ2v) is 7.09. The molecule has 0 N–H and O–H groups in total. The normalized spacial score (nSPS) is 11.1. The van der Waals surface area contributed by atoms with Crippen LogP contribution in [0.4, 0.5) is 0 Å². The van der Waals surface area contributed by atoms with Crippen LogP contribution >= 0.6 is 0 Å². The van der Waals surface area contributed by atoms with Gasteiger partial charge in [-0.2, -0.15) is 0 Å². The summed E-state index contributed by atoms with van der Waals surface area (Å²) in [7, 11) is 0. The van der Waals surface area contributed by atoms with Gasteiger partial charge in [-0.15, -0.1) is 0 Å². The van der Waals surface area contributed by atoms with Crippen molar-refractivity contribution in [2.45, 2.75) is 78.6 Å². The molecule has 0 amide bonds. The fourth-order valence-electron chi connectivity index (χ4n) is 3.14. The maximum Gasteiger partial charge on any atom is 0.328 e. The van der Waals surface area contributed by atoms with E-state index in [-0.39, 0.29) is 24.2 Å². The van der Waals surface area contributed by atoms with E-state index in [1.165, 1.54) is 25.7 Å². The molecule has 156 valence electrons. The lowest BCUT2D eigenvalue weighted by Gasteiger charge is -2.27. The topological polar surface area (TPSA) is 69.7 Å². The first-order chi connectivity index (χ1) is 13.6. The number of carbonyl (C=O) groups is 3. The van der Waals surface area contributed by atoms with Crippen LogP contribution in [0.3, 0.4) is 0 Å². The minimum atomic E-state index is -1.35. The van der Waals surface area contributed by atoms with Gasteiger partial charge in [0.05, 0.1) is 12.2 Å². The lowest BCUT2D eigenvalue weighted by Crippen LogP contribution is -2.42. The number of hydrogen-bond donors (Lipinski definition) is 0. The summed E-state index contributed by atoms with van der Waals surface area (Å²) in [4.78, 5) is 36.6. The highest BCUT2D eigenvalue weighted by atomic mass is 16.6. The minimum Gasteiger partial charge on any atom is -0.465 e. The number of ether oxygens (including phenoxy) is 2. The molecule has 28 heavy (non-hydrogen) atoms. The van der Waals surface area contributed by atoms with Gasteiger partial charge in [0.25, 0.3) is 0 Å². The van der Waals surface area contributed by atoms with E-state index in [0.29, 0.717) is 12.9 Å². The number of benzene rings is 1. The molecule has 0 bridgehead atoms. The van der Waals surface area contributed by atoms with Gasteiger partial charge in [0, 0.05) is 0 Å². The largest absolute Gasteiger partial charge is 0.465 e. The molecule has 1 aromatic rings. The summed E-state index contributed by atoms with van der Waals surface area (Å²) in [5, 5.41) is 0. The molecule has 0 atom stereocenters. The predicted molar refractivity (Wildman–Crippen MR) is 109 cm³/mol. The van der Waals surface area contributed by atoms with Crippen LogP contribution in [0.1, 0.15) is 88.9 Å². The quantitative estimate of drug-likeness (QED) is 0.138. The van der Waals surface area contributed by atoms with Crippen LogP contribution in [0, 0.1) is 5.41 Å². The van der Waals surface area contributed by atoms with Crippen LogP contribution < -0.4 is 4.74 Å². The molecule has 0 unspecified atom stereocenters. The Labute approximate surface area is 168 Å². The van der Waals surface area contributed by atoms with Crippen molar-refractivity contribution in [2.24, 2.45) is 5.41 Å². The van der Waals surface area contributed by atoms with Crippen molar-refractivity contribution in [1.82, 2.24) is 0 Å². The third kappa shape index (κ3) is 6.77. The lowest BCUT2D eigenvalue weighted by atomic mass is 9.82. The van der Waals surface area contributed by atoms with Crippen LogP contribution in [-0.2, 0) is 14.3 Å². The zero-order chi connectivity index (χ0) is 20.8. The van der Waals surface area contributed by atoms with Gasteiger partial charge in [-0.25, -0.2) is 0 Å². The molecule has 5 nitrogen and oxygen atoms in total. The molecule has 0 aliphatic heterocycles. The third-order valence-corrected chi connectivity index (χ3v) is 5.22.